The van der Waals surface area contributed by atoms with Crippen LogP contribution in [-0.2, 0) is 9.59 Å². The van der Waals surface area contributed by atoms with Crippen LogP contribution >= 0.6 is 0 Å². The minimum atomic E-state index is 0.0718. The van der Waals surface area contributed by atoms with Crippen molar-refractivity contribution in [2.24, 2.45) is 11.8 Å². The molecule has 0 aromatic carbocycles. The molecule has 90 valence electrons. The number of rotatable bonds is 3. The maximum absolute atomic E-state index is 12.2. The summed E-state index contributed by atoms with van der Waals surface area (Å²) in [5.41, 5.74) is 2.15. The molecular formula is C14H22O2. The molecule has 0 radical (unpaired) electrons. The maximum Gasteiger partial charge on any atom is 0.162 e. The Hall–Kier alpha value is -0.920. The SMILES string of the molecule is CC(=O)CC[C@@H]1C(=O)C(=C(C)C)CC[C@H]1C. The number of hydrogen-bond acceptors (Lipinski definition) is 2. The van der Waals surface area contributed by atoms with Crippen LogP contribution in [0.1, 0.15) is 53.4 Å². The van der Waals surface area contributed by atoms with Crippen LogP contribution in [0.25, 0.3) is 0 Å². The van der Waals surface area contributed by atoms with E-state index in [1.54, 1.807) is 6.92 Å². The molecule has 2 heteroatoms. The van der Waals surface area contributed by atoms with Crippen molar-refractivity contribution in [1.82, 2.24) is 0 Å². The Balaban J connectivity index is 2.76. The Morgan fingerprint density at radius 2 is 1.94 bits per heavy atom. The number of carbonyl (C=O) groups excluding carboxylic acids is 2. The Labute approximate surface area is 98.1 Å². The Morgan fingerprint density at radius 3 is 2.44 bits per heavy atom. The lowest BCUT2D eigenvalue weighted by atomic mass is 9.73. The number of Topliss-reactive ketones (excluding diaryl/α,β-unsaturated/α-hetero) is 2. The first-order valence-electron chi connectivity index (χ1n) is 6.13. The highest BCUT2D eigenvalue weighted by Gasteiger charge is 2.32. The van der Waals surface area contributed by atoms with Crippen molar-refractivity contribution < 1.29 is 9.59 Å². The van der Waals surface area contributed by atoms with Gasteiger partial charge < -0.3 is 4.79 Å². The molecule has 0 amide bonds. The summed E-state index contributed by atoms with van der Waals surface area (Å²) < 4.78 is 0. The summed E-state index contributed by atoms with van der Waals surface area (Å²) in [6, 6.07) is 0. The molecule has 1 rings (SSSR count). The summed E-state index contributed by atoms with van der Waals surface area (Å²) in [5, 5.41) is 0. The molecule has 2 atom stereocenters. The molecule has 0 aromatic heterocycles. The van der Waals surface area contributed by atoms with Crippen molar-refractivity contribution in [2.45, 2.75) is 53.4 Å². The van der Waals surface area contributed by atoms with E-state index in [-0.39, 0.29) is 11.7 Å². The standard InChI is InChI=1S/C14H22O2/c1-9(2)12-7-5-10(3)13(14(12)16)8-6-11(4)15/h10,13H,5-8H2,1-4H3/t10-,13+/m1/s1. The van der Waals surface area contributed by atoms with Crippen LogP contribution in [0.4, 0.5) is 0 Å². The van der Waals surface area contributed by atoms with Gasteiger partial charge in [0, 0.05) is 12.3 Å². The minimum Gasteiger partial charge on any atom is -0.300 e. The molecule has 0 aromatic rings. The monoisotopic (exact) mass is 222 g/mol. The van der Waals surface area contributed by atoms with Gasteiger partial charge in [-0.3, -0.25) is 4.79 Å². The van der Waals surface area contributed by atoms with Crippen molar-refractivity contribution in [3.63, 3.8) is 0 Å². The fraction of sp³-hybridized carbons (Fsp3) is 0.714. The predicted molar refractivity (Wildman–Crippen MR) is 65.2 cm³/mol. The van der Waals surface area contributed by atoms with E-state index >= 15 is 0 Å². The molecule has 16 heavy (non-hydrogen) atoms. The summed E-state index contributed by atoms with van der Waals surface area (Å²) >= 11 is 0. The van der Waals surface area contributed by atoms with E-state index in [0.717, 1.165) is 30.4 Å². The molecule has 1 fully saturated rings. The number of ketones is 2. The Morgan fingerprint density at radius 1 is 1.31 bits per heavy atom. The van der Waals surface area contributed by atoms with Crippen LogP contribution in [0, 0.1) is 11.8 Å². The topological polar surface area (TPSA) is 34.1 Å². The van der Waals surface area contributed by atoms with Gasteiger partial charge in [-0.1, -0.05) is 12.5 Å². The number of allylic oxidation sites excluding steroid dienone is 2. The van der Waals surface area contributed by atoms with Gasteiger partial charge in [-0.2, -0.15) is 0 Å². The third-order valence-corrected chi connectivity index (χ3v) is 3.58. The van der Waals surface area contributed by atoms with Crippen LogP contribution in [-0.4, -0.2) is 11.6 Å². The van der Waals surface area contributed by atoms with Gasteiger partial charge in [-0.25, -0.2) is 0 Å². The summed E-state index contributed by atoms with van der Waals surface area (Å²) in [5.74, 6) is 0.974. The molecule has 1 saturated carbocycles. The van der Waals surface area contributed by atoms with E-state index in [2.05, 4.69) is 6.92 Å². The van der Waals surface area contributed by atoms with Crippen LogP contribution in [0.3, 0.4) is 0 Å². The summed E-state index contributed by atoms with van der Waals surface area (Å²) in [4.78, 5) is 23.2. The smallest absolute Gasteiger partial charge is 0.162 e. The predicted octanol–water partition coefficient (Wildman–Crippen LogP) is 3.31. The highest BCUT2D eigenvalue weighted by molar-refractivity contribution is 5.98. The second-order valence-corrected chi connectivity index (χ2v) is 5.21. The molecule has 0 spiro atoms. The normalized spacial score (nSPS) is 25.8. The molecule has 0 aliphatic heterocycles. The average molecular weight is 222 g/mol. The molecule has 0 unspecified atom stereocenters. The second kappa shape index (κ2) is 5.42. The van der Waals surface area contributed by atoms with Crippen molar-refractivity contribution in [3.05, 3.63) is 11.1 Å². The van der Waals surface area contributed by atoms with Crippen LogP contribution in [0.15, 0.2) is 11.1 Å². The fourth-order valence-corrected chi connectivity index (χ4v) is 2.45. The zero-order valence-electron chi connectivity index (χ0n) is 10.8. The lowest BCUT2D eigenvalue weighted by Crippen LogP contribution is -2.29. The molecule has 0 saturated heterocycles. The molecule has 1 aliphatic rings. The van der Waals surface area contributed by atoms with E-state index < -0.39 is 0 Å². The summed E-state index contributed by atoms with van der Waals surface area (Å²) in [7, 11) is 0. The largest absolute Gasteiger partial charge is 0.300 e. The second-order valence-electron chi connectivity index (χ2n) is 5.21. The van der Waals surface area contributed by atoms with Crippen molar-refractivity contribution >= 4 is 11.6 Å². The first-order chi connectivity index (χ1) is 7.43. The van der Waals surface area contributed by atoms with Crippen LogP contribution < -0.4 is 0 Å². The first kappa shape index (κ1) is 13.1. The molecule has 1 aliphatic carbocycles. The van der Waals surface area contributed by atoms with Gasteiger partial charge in [0.25, 0.3) is 0 Å². The molecule has 0 N–H and O–H groups in total. The highest BCUT2D eigenvalue weighted by Crippen LogP contribution is 2.34. The van der Waals surface area contributed by atoms with E-state index in [4.69, 9.17) is 0 Å². The number of hydrogen-bond donors (Lipinski definition) is 0. The Bertz CT molecular complexity index is 322. The van der Waals surface area contributed by atoms with Gasteiger partial charge in [-0.15, -0.1) is 0 Å². The van der Waals surface area contributed by atoms with Gasteiger partial charge in [0.2, 0.25) is 0 Å². The van der Waals surface area contributed by atoms with Gasteiger partial charge in [0.1, 0.15) is 5.78 Å². The third-order valence-electron chi connectivity index (χ3n) is 3.58. The van der Waals surface area contributed by atoms with E-state index in [1.807, 2.05) is 13.8 Å². The fourth-order valence-electron chi connectivity index (χ4n) is 2.45. The molecule has 0 heterocycles. The van der Waals surface area contributed by atoms with Crippen molar-refractivity contribution in [3.8, 4) is 0 Å². The Kier molecular flexibility index (Phi) is 4.45. The quantitative estimate of drug-likeness (QED) is 0.686. The summed E-state index contributed by atoms with van der Waals surface area (Å²) in [6.45, 7) is 7.74. The zero-order chi connectivity index (χ0) is 12.3. The molecule has 2 nitrogen and oxygen atoms in total. The van der Waals surface area contributed by atoms with Gasteiger partial charge in [0.05, 0.1) is 0 Å². The summed E-state index contributed by atoms with van der Waals surface area (Å²) in [6.07, 6.45) is 3.26. The van der Waals surface area contributed by atoms with Gasteiger partial charge >= 0.3 is 0 Å². The van der Waals surface area contributed by atoms with Gasteiger partial charge in [-0.05, 0) is 51.5 Å². The lowest BCUT2D eigenvalue weighted by Gasteiger charge is -2.29. The first-order valence-corrected chi connectivity index (χ1v) is 6.13. The van der Waals surface area contributed by atoms with Crippen LogP contribution in [0.2, 0.25) is 0 Å². The van der Waals surface area contributed by atoms with E-state index in [9.17, 15) is 9.59 Å². The molecule has 0 bridgehead atoms. The third kappa shape index (κ3) is 3.03. The van der Waals surface area contributed by atoms with Gasteiger partial charge in [0.15, 0.2) is 5.78 Å². The highest BCUT2D eigenvalue weighted by atomic mass is 16.1. The van der Waals surface area contributed by atoms with Crippen molar-refractivity contribution in [2.75, 3.05) is 0 Å². The number of carbonyl (C=O) groups is 2. The van der Waals surface area contributed by atoms with Crippen LogP contribution in [0.5, 0.6) is 0 Å². The molecular weight excluding hydrogens is 200 g/mol. The zero-order valence-corrected chi connectivity index (χ0v) is 10.8. The minimum absolute atomic E-state index is 0.0718. The van der Waals surface area contributed by atoms with Crippen molar-refractivity contribution in [1.29, 1.82) is 0 Å². The van der Waals surface area contributed by atoms with E-state index in [1.165, 1.54) is 0 Å². The maximum atomic E-state index is 12.2. The average Bonchev–Trinajstić information content (AvgIpc) is 2.16. The lowest BCUT2D eigenvalue weighted by molar-refractivity contribution is -0.123. The van der Waals surface area contributed by atoms with E-state index in [0.29, 0.717) is 18.1 Å².